The third-order valence-corrected chi connectivity index (χ3v) is 4.72. The Hall–Kier alpha value is -2.99. The first-order valence-electron chi connectivity index (χ1n) is 8.36. The smallest absolute Gasteiger partial charge is 0.416 e. The van der Waals surface area contributed by atoms with Gasteiger partial charge in [0.25, 0.3) is 5.69 Å². The van der Waals surface area contributed by atoms with E-state index in [-0.39, 0.29) is 38.8 Å². The average molecular weight is 479 g/mol. The fourth-order valence-electron chi connectivity index (χ4n) is 2.15. The van der Waals surface area contributed by atoms with Gasteiger partial charge in [0.2, 0.25) is 5.04 Å². The minimum absolute atomic E-state index is 0.0235. The van der Waals surface area contributed by atoms with Crippen molar-refractivity contribution in [2.75, 3.05) is 13.7 Å². The van der Waals surface area contributed by atoms with Gasteiger partial charge < -0.3 is 14.3 Å². The van der Waals surface area contributed by atoms with E-state index in [1.165, 1.54) is 19.2 Å². The van der Waals surface area contributed by atoms with E-state index >= 15 is 0 Å². The number of nitro benzene ring substituents is 1. The SMILES string of the molecule is CCOC(=O)/C(=N/OC)Sc1cc(Oc2ccc(C(F)(F)F)cc2Cl)ccc1[N+](=O)[O-]. The van der Waals surface area contributed by atoms with E-state index in [0.29, 0.717) is 17.8 Å². The summed E-state index contributed by atoms with van der Waals surface area (Å²) in [5.74, 6) is -0.938. The number of benzene rings is 2. The van der Waals surface area contributed by atoms with E-state index < -0.39 is 22.6 Å². The van der Waals surface area contributed by atoms with Gasteiger partial charge in [-0.2, -0.15) is 13.2 Å². The average Bonchev–Trinajstić information content (AvgIpc) is 2.68. The number of hydrogen-bond donors (Lipinski definition) is 0. The van der Waals surface area contributed by atoms with E-state index in [1.54, 1.807) is 6.92 Å². The van der Waals surface area contributed by atoms with Crippen molar-refractivity contribution < 1.29 is 37.2 Å². The number of nitrogens with zero attached hydrogens (tertiary/aromatic N) is 2. The van der Waals surface area contributed by atoms with Gasteiger partial charge in [-0.3, -0.25) is 10.1 Å². The fraction of sp³-hybridized carbons (Fsp3) is 0.222. The van der Waals surface area contributed by atoms with Crippen LogP contribution in [-0.4, -0.2) is 29.7 Å². The lowest BCUT2D eigenvalue weighted by Gasteiger charge is -2.12. The van der Waals surface area contributed by atoms with Crippen LogP contribution in [0.5, 0.6) is 11.5 Å². The minimum atomic E-state index is -4.58. The van der Waals surface area contributed by atoms with Gasteiger partial charge in [0, 0.05) is 12.1 Å². The molecule has 2 rings (SSSR count). The summed E-state index contributed by atoms with van der Waals surface area (Å²) in [6.07, 6.45) is -4.58. The number of nitro groups is 1. The molecule has 13 heteroatoms. The van der Waals surface area contributed by atoms with Crippen LogP contribution in [0.4, 0.5) is 18.9 Å². The van der Waals surface area contributed by atoms with Gasteiger partial charge in [0.1, 0.15) is 18.6 Å². The second-order valence-electron chi connectivity index (χ2n) is 5.53. The quantitative estimate of drug-likeness (QED) is 0.131. The van der Waals surface area contributed by atoms with Crippen LogP contribution in [0.25, 0.3) is 0 Å². The molecule has 0 spiro atoms. The number of alkyl halides is 3. The van der Waals surface area contributed by atoms with Gasteiger partial charge >= 0.3 is 12.1 Å². The lowest BCUT2D eigenvalue weighted by molar-refractivity contribution is -0.387. The molecule has 0 unspecified atom stereocenters. The Labute approximate surface area is 183 Å². The third-order valence-electron chi connectivity index (χ3n) is 3.45. The molecule has 0 amide bonds. The predicted octanol–water partition coefficient (Wildman–Crippen LogP) is 5.67. The molecule has 2 aromatic rings. The van der Waals surface area contributed by atoms with Crippen molar-refractivity contribution in [2.45, 2.75) is 18.0 Å². The Morgan fingerprint density at radius 3 is 2.52 bits per heavy atom. The summed E-state index contributed by atoms with van der Waals surface area (Å²) in [5, 5.41) is 14.2. The zero-order valence-corrected chi connectivity index (χ0v) is 17.5. The lowest BCUT2D eigenvalue weighted by atomic mass is 10.2. The van der Waals surface area contributed by atoms with E-state index in [4.69, 9.17) is 21.1 Å². The zero-order valence-electron chi connectivity index (χ0n) is 15.9. The Kier molecular flexibility index (Phi) is 8.11. The molecule has 0 saturated heterocycles. The first kappa shape index (κ1) is 24.3. The van der Waals surface area contributed by atoms with E-state index in [0.717, 1.165) is 18.2 Å². The highest BCUT2D eigenvalue weighted by Gasteiger charge is 2.31. The zero-order chi connectivity index (χ0) is 23.2. The number of esters is 1. The first-order chi connectivity index (χ1) is 14.6. The highest BCUT2D eigenvalue weighted by Crippen LogP contribution is 2.39. The van der Waals surface area contributed by atoms with Crippen LogP contribution in [0, 0.1) is 10.1 Å². The molecular weight excluding hydrogens is 465 g/mol. The van der Waals surface area contributed by atoms with E-state index in [9.17, 15) is 28.1 Å². The summed E-state index contributed by atoms with van der Waals surface area (Å²) in [6.45, 7) is 1.61. The second kappa shape index (κ2) is 10.4. The Bertz CT molecular complexity index is 1020. The number of carbonyl (C=O) groups is 1. The van der Waals surface area contributed by atoms with Gasteiger partial charge in [0.15, 0.2) is 0 Å². The lowest BCUT2D eigenvalue weighted by Crippen LogP contribution is -2.15. The molecule has 31 heavy (non-hydrogen) atoms. The summed E-state index contributed by atoms with van der Waals surface area (Å²) in [6, 6.07) is 6.05. The molecule has 0 radical (unpaired) electrons. The molecule has 0 aliphatic carbocycles. The first-order valence-corrected chi connectivity index (χ1v) is 9.55. The van der Waals surface area contributed by atoms with Crippen LogP contribution >= 0.6 is 23.4 Å². The summed E-state index contributed by atoms with van der Waals surface area (Å²) >= 11 is 6.47. The maximum Gasteiger partial charge on any atom is 0.416 e. The van der Waals surface area contributed by atoms with Gasteiger partial charge in [0.05, 0.1) is 27.0 Å². The summed E-state index contributed by atoms with van der Waals surface area (Å²) in [4.78, 5) is 27.2. The topological polar surface area (TPSA) is 100 Å². The largest absolute Gasteiger partial charge is 0.461 e. The Morgan fingerprint density at radius 1 is 1.26 bits per heavy atom. The summed E-state index contributed by atoms with van der Waals surface area (Å²) < 4.78 is 48.6. The molecule has 0 saturated carbocycles. The van der Waals surface area contributed by atoms with Gasteiger partial charge in [-0.05, 0) is 31.2 Å². The van der Waals surface area contributed by atoms with E-state index in [1.807, 2.05) is 0 Å². The molecule has 166 valence electrons. The molecule has 0 fully saturated rings. The maximum absolute atomic E-state index is 12.8. The standard InChI is InChI=1S/C18H14ClF3N2O6S/c1-3-29-17(25)16(23-28-2)31-15-9-11(5-6-13(15)24(26)27)30-14-7-4-10(8-12(14)19)18(20,21)22/h4-9H,3H2,1-2H3/b23-16-. The number of oxime groups is 1. The molecule has 0 N–H and O–H groups in total. The van der Waals surface area contributed by atoms with Crippen molar-refractivity contribution in [1.29, 1.82) is 0 Å². The number of carbonyl (C=O) groups excluding carboxylic acids is 1. The van der Waals surface area contributed by atoms with Crippen molar-refractivity contribution in [3.8, 4) is 11.5 Å². The number of thioether (sulfide) groups is 1. The predicted molar refractivity (Wildman–Crippen MR) is 107 cm³/mol. The van der Waals surface area contributed by atoms with Gasteiger partial charge in [-0.25, -0.2) is 4.79 Å². The van der Waals surface area contributed by atoms with Crippen LogP contribution in [0.3, 0.4) is 0 Å². The Morgan fingerprint density at radius 2 is 1.97 bits per heavy atom. The van der Waals surface area contributed by atoms with Crippen molar-refractivity contribution in [1.82, 2.24) is 0 Å². The third kappa shape index (κ3) is 6.49. The summed E-state index contributed by atoms with van der Waals surface area (Å²) in [7, 11) is 1.18. The van der Waals surface area contributed by atoms with Crippen LogP contribution in [-0.2, 0) is 20.5 Å². The number of ether oxygens (including phenoxy) is 2. The van der Waals surface area contributed by atoms with Crippen molar-refractivity contribution in [2.24, 2.45) is 5.16 Å². The van der Waals surface area contributed by atoms with Crippen molar-refractivity contribution >= 4 is 40.1 Å². The Balaban J connectivity index is 2.38. The van der Waals surface area contributed by atoms with Gasteiger partial charge in [-0.15, -0.1) is 0 Å². The van der Waals surface area contributed by atoms with Crippen LogP contribution in [0.1, 0.15) is 12.5 Å². The normalized spacial score (nSPS) is 11.7. The van der Waals surface area contributed by atoms with Crippen molar-refractivity contribution in [3.05, 3.63) is 57.1 Å². The van der Waals surface area contributed by atoms with Crippen LogP contribution in [0.15, 0.2) is 46.4 Å². The second-order valence-corrected chi connectivity index (χ2v) is 6.97. The van der Waals surface area contributed by atoms with E-state index in [2.05, 4.69) is 9.99 Å². The molecule has 0 aliphatic heterocycles. The molecule has 8 nitrogen and oxygen atoms in total. The van der Waals surface area contributed by atoms with Crippen LogP contribution < -0.4 is 4.74 Å². The van der Waals surface area contributed by atoms with Crippen LogP contribution in [0.2, 0.25) is 5.02 Å². The fourth-order valence-corrected chi connectivity index (χ4v) is 3.26. The minimum Gasteiger partial charge on any atom is -0.461 e. The number of halogens is 4. The number of rotatable bonds is 6. The maximum atomic E-state index is 12.8. The molecule has 0 heterocycles. The highest BCUT2D eigenvalue weighted by molar-refractivity contribution is 8.15. The molecule has 0 aromatic heterocycles. The van der Waals surface area contributed by atoms with Crippen molar-refractivity contribution in [3.63, 3.8) is 0 Å². The van der Waals surface area contributed by atoms with Gasteiger partial charge in [-0.1, -0.05) is 28.5 Å². The highest BCUT2D eigenvalue weighted by atomic mass is 35.5. The number of hydrogen-bond acceptors (Lipinski definition) is 8. The monoisotopic (exact) mass is 478 g/mol. The summed E-state index contributed by atoms with van der Waals surface area (Å²) in [5.41, 5.74) is -1.33. The molecule has 2 aromatic carbocycles. The molecular formula is C18H14ClF3N2O6S. The molecule has 0 atom stereocenters. The molecule has 0 aliphatic rings. The molecule has 0 bridgehead atoms.